The van der Waals surface area contributed by atoms with Crippen molar-refractivity contribution < 1.29 is 8.76 Å². The highest BCUT2D eigenvalue weighted by Crippen LogP contribution is 2.29. The smallest absolute Gasteiger partial charge is 0.249 e. The SMILES string of the molecule is Cl.Cl.O=c1ccc2c(Nc3ccc4c(c3)CC(NS(=O)[O-])C4)ccnc2[nH]1. The minimum Gasteiger partial charge on any atom is -0.760 e. The Hall–Kier alpha value is -1.97. The molecule has 0 radical (unpaired) electrons. The number of aromatic nitrogens is 2. The molecule has 0 aliphatic heterocycles. The molecule has 1 aliphatic carbocycles. The third-order valence-electron chi connectivity index (χ3n) is 4.31. The Bertz CT molecular complexity index is 1040. The van der Waals surface area contributed by atoms with E-state index in [0.29, 0.717) is 18.5 Å². The third-order valence-corrected chi connectivity index (χ3v) is 4.84. The molecule has 2 heterocycles. The lowest BCUT2D eigenvalue weighted by molar-refractivity contribution is 0.505. The van der Waals surface area contributed by atoms with Gasteiger partial charge >= 0.3 is 0 Å². The van der Waals surface area contributed by atoms with Crippen LogP contribution in [0.3, 0.4) is 0 Å². The topological polar surface area (TPSA) is 110 Å². The van der Waals surface area contributed by atoms with Crippen molar-refractivity contribution >= 4 is 58.5 Å². The number of benzene rings is 1. The van der Waals surface area contributed by atoms with Crippen molar-refractivity contribution in [3.8, 4) is 0 Å². The molecule has 2 unspecified atom stereocenters. The number of pyridine rings is 2. The van der Waals surface area contributed by atoms with Crippen molar-refractivity contribution in [3.05, 3.63) is 64.1 Å². The van der Waals surface area contributed by atoms with Crippen LogP contribution >= 0.6 is 24.8 Å². The standard InChI is InChI=1S/C17H16N4O3S.2ClH/c22-16-4-3-14-15(5-6-18-17(14)20-16)19-12-2-1-10-7-13(21-25(23)24)9-11(10)8-12;;/h1-6,8,13,21H,7,9H2,(H,23,24)(H2,18,19,20,22);2*1H/p-1. The highest BCUT2D eigenvalue weighted by atomic mass is 35.5. The maximum atomic E-state index is 11.4. The molecule has 4 rings (SSSR count). The number of nitrogens with one attached hydrogen (secondary N) is 3. The summed E-state index contributed by atoms with van der Waals surface area (Å²) >= 11 is -2.25. The van der Waals surface area contributed by atoms with E-state index in [1.165, 1.54) is 6.07 Å². The molecule has 2 atom stereocenters. The van der Waals surface area contributed by atoms with Crippen molar-refractivity contribution in [1.82, 2.24) is 14.7 Å². The van der Waals surface area contributed by atoms with E-state index in [1.807, 2.05) is 24.3 Å². The molecule has 2 aromatic heterocycles. The first-order chi connectivity index (χ1) is 12.1. The largest absolute Gasteiger partial charge is 0.760 e. The third kappa shape index (κ3) is 4.66. The molecule has 3 N–H and O–H groups in total. The van der Waals surface area contributed by atoms with Crippen LogP contribution in [-0.4, -0.2) is 24.8 Å². The average molecular weight is 428 g/mol. The molecule has 0 saturated carbocycles. The normalized spacial score (nSPS) is 16.1. The average Bonchev–Trinajstić information content (AvgIpc) is 2.95. The molecule has 0 saturated heterocycles. The monoisotopic (exact) mass is 427 g/mol. The van der Waals surface area contributed by atoms with Crippen LogP contribution in [0.2, 0.25) is 0 Å². The zero-order valence-corrected chi connectivity index (χ0v) is 16.4. The number of halogens is 2. The zero-order valence-electron chi connectivity index (χ0n) is 13.9. The maximum absolute atomic E-state index is 11.4. The summed E-state index contributed by atoms with van der Waals surface area (Å²) < 4.78 is 24.2. The van der Waals surface area contributed by atoms with Crippen LogP contribution in [-0.2, 0) is 24.1 Å². The minimum atomic E-state index is -2.25. The minimum absolute atomic E-state index is 0. The number of hydrogen-bond acceptors (Lipinski definition) is 5. The van der Waals surface area contributed by atoms with Gasteiger partial charge in [0.15, 0.2) is 0 Å². The van der Waals surface area contributed by atoms with E-state index in [0.717, 1.165) is 27.9 Å². The fourth-order valence-corrected chi connectivity index (χ4v) is 3.68. The van der Waals surface area contributed by atoms with Crippen LogP contribution in [0, 0.1) is 0 Å². The Kier molecular flexibility index (Phi) is 6.96. The van der Waals surface area contributed by atoms with E-state index in [4.69, 9.17) is 0 Å². The number of anilines is 2. The summed E-state index contributed by atoms with van der Waals surface area (Å²) in [6, 6.07) is 11.0. The van der Waals surface area contributed by atoms with Crippen molar-refractivity contribution in [1.29, 1.82) is 0 Å². The highest BCUT2D eigenvalue weighted by molar-refractivity contribution is 7.77. The molecule has 0 amide bonds. The molecule has 0 bridgehead atoms. The highest BCUT2D eigenvalue weighted by Gasteiger charge is 2.21. The van der Waals surface area contributed by atoms with Crippen LogP contribution < -0.4 is 15.6 Å². The van der Waals surface area contributed by atoms with E-state index in [9.17, 15) is 13.6 Å². The van der Waals surface area contributed by atoms with Gasteiger partial charge in [-0.3, -0.25) is 9.00 Å². The van der Waals surface area contributed by atoms with Gasteiger partial charge in [0.25, 0.3) is 0 Å². The quantitative estimate of drug-likeness (QED) is 0.553. The maximum Gasteiger partial charge on any atom is 0.249 e. The van der Waals surface area contributed by atoms with Gasteiger partial charge in [0.05, 0.1) is 5.69 Å². The van der Waals surface area contributed by atoms with Gasteiger partial charge < -0.3 is 14.9 Å². The molecular weight excluding hydrogens is 411 g/mol. The van der Waals surface area contributed by atoms with Crippen LogP contribution in [0.4, 0.5) is 11.4 Å². The summed E-state index contributed by atoms with van der Waals surface area (Å²) in [5.74, 6) is 0. The summed E-state index contributed by atoms with van der Waals surface area (Å²) in [6.07, 6.45) is 3.00. The number of nitrogens with zero attached hydrogens (tertiary/aromatic N) is 1. The predicted octanol–water partition coefficient (Wildman–Crippen LogP) is 2.36. The van der Waals surface area contributed by atoms with Crippen molar-refractivity contribution in [2.45, 2.75) is 18.9 Å². The molecule has 1 aliphatic rings. The van der Waals surface area contributed by atoms with Crippen molar-refractivity contribution in [2.24, 2.45) is 0 Å². The van der Waals surface area contributed by atoms with Gasteiger partial charge in [0.1, 0.15) is 5.65 Å². The van der Waals surface area contributed by atoms with Gasteiger partial charge in [0.2, 0.25) is 5.56 Å². The van der Waals surface area contributed by atoms with E-state index >= 15 is 0 Å². The molecule has 7 nitrogen and oxygen atoms in total. The van der Waals surface area contributed by atoms with Gasteiger partial charge in [-0.15, -0.1) is 24.8 Å². The van der Waals surface area contributed by atoms with Gasteiger partial charge in [-0.1, -0.05) is 6.07 Å². The van der Waals surface area contributed by atoms with Crippen molar-refractivity contribution in [2.75, 3.05) is 5.32 Å². The lowest BCUT2D eigenvalue weighted by Crippen LogP contribution is -2.30. The molecule has 0 fully saturated rings. The Balaban J connectivity index is 0.00000131. The first-order valence-electron chi connectivity index (χ1n) is 7.81. The Labute approximate surface area is 170 Å². The van der Waals surface area contributed by atoms with Crippen LogP contribution in [0.5, 0.6) is 0 Å². The van der Waals surface area contributed by atoms with Crippen LogP contribution in [0.1, 0.15) is 11.1 Å². The number of aromatic amines is 1. The first kappa shape index (κ1) is 21.3. The summed E-state index contributed by atoms with van der Waals surface area (Å²) in [7, 11) is 0. The molecule has 1 aromatic carbocycles. The molecule has 144 valence electrons. The van der Waals surface area contributed by atoms with Gasteiger partial charge in [-0.2, -0.15) is 0 Å². The van der Waals surface area contributed by atoms with E-state index < -0.39 is 11.3 Å². The number of H-pyrrole nitrogens is 1. The van der Waals surface area contributed by atoms with Crippen LogP contribution in [0.15, 0.2) is 47.4 Å². The fourth-order valence-electron chi connectivity index (χ4n) is 3.24. The number of fused-ring (bicyclic) bond motifs is 2. The lowest BCUT2D eigenvalue weighted by Gasteiger charge is -2.13. The summed E-state index contributed by atoms with van der Waals surface area (Å²) in [6.45, 7) is 0. The lowest BCUT2D eigenvalue weighted by atomic mass is 10.1. The molecule has 27 heavy (non-hydrogen) atoms. The van der Waals surface area contributed by atoms with Crippen molar-refractivity contribution in [3.63, 3.8) is 0 Å². The Morgan fingerprint density at radius 2 is 1.89 bits per heavy atom. The first-order valence-corrected chi connectivity index (χ1v) is 8.88. The number of hydrogen-bond donors (Lipinski definition) is 3. The summed E-state index contributed by atoms with van der Waals surface area (Å²) in [5.41, 5.74) is 4.36. The summed E-state index contributed by atoms with van der Waals surface area (Å²) in [5, 5.41) is 4.17. The van der Waals surface area contributed by atoms with Crippen LogP contribution in [0.25, 0.3) is 11.0 Å². The van der Waals surface area contributed by atoms with E-state index in [1.54, 1.807) is 12.3 Å². The van der Waals surface area contributed by atoms with E-state index in [-0.39, 0.29) is 36.4 Å². The second-order valence-electron chi connectivity index (χ2n) is 6.01. The van der Waals surface area contributed by atoms with Gasteiger partial charge in [0, 0.05) is 40.6 Å². The van der Waals surface area contributed by atoms with Gasteiger partial charge in [-0.25, -0.2) is 9.71 Å². The molecule has 10 heteroatoms. The Morgan fingerprint density at radius 3 is 2.67 bits per heavy atom. The van der Waals surface area contributed by atoms with Gasteiger partial charge in [-0.05, 0) is 48.2 Å². The molecular formula is C17H17Cl2N4O3S-. The Morgan fingerprint density at radius 1 is 1.11 bits per heavy atom. The summed E-state index contributed by atoms with van der Waals surface area (Å²) in [4.78, 5) is 18.3. The number of rotatable bonds is 4. The fraction of sp³-hybridized carbons (Fsp3) is 0.176. The predicted molar refractivity (Wildman–Crippen MR) is 110 cm³/mol. The zero-order chi connectivity index (χ0) is 17.4. The second-order valence-corrected chi connectivity index (χ2v) is 6.71. The molecule has 3 aromatic rings. The van der Waals surface area contributed by atoms with E-state index in [2.05, 4.69) is 20.0 Å². The second kappa shape index (κ2) is 8.81. The molecule has 0 spiro atoms.